The Morgan fingerprint density at radius 3 is 2.25 bits per heavy atom. The van der Waals surface area contributed by atoms with Crippen molar-refractivity contribution >= 4 is 39.6 Å². The Morgan fingerprint density at radius 2 is 1.66 bits per heavy atom. The van der Waals surface area contributed by atoms with Crippen molar-refractivity contribution in [2.45, 2.75) is 13.5 Å². The zero-order valence-electron chi connectivity index (χ0n) is 17.5. The van der Waals surface area contributed by atoms with Crippen molar-refractivity contribution in [1.29, 1.82) is 0 Å². The Morgan fingerprint density at radius 1 is 1.00 bits per heavy atom. The maximum absolute atomic E-state index is 13.5. The number of aryl methyl sites for hydroxylation is 1. The van der Waals surface area contributed by atoms with E-state index in [1.165, 1.54) is 30.9 Å². The van der Waals surface area contributed by atoms with Gasteiger partial charge in [-0.2, -0.15) is 0 Å². The summed E-state index contributed by atoms with van der Waals surface area (Å²) in [5, 5.41) is 0.222. The van der Waals surface area contributed by atoms with E-state index in [0.717, 1.165) is 21.5 Å². The Bertz CT molecular complexity index is 1450. The molecule has 0 amide bonds. The number of fused-ring (bicyclic) bond motifs is 1. The molecule has 0 unspecified atom stereocenters. The Balaban J connectivity index is 2.02. The van der Waals surface area contributed by atoms with Crippen molar-refractivity contribution in [3.63, 3.8) is 0 Å². The zero-order valence-corrected chi connectivity index (χ0v) is 19.1. The fourth-order valence-corrected chi connectivity index (χ4v) is 4.43. The number of rotatable bonds is 6. The van der Waals surface area contributed by atoms with E-state index >= 15 is 0 Å². The van der Waals surface area contributed by atoms with Crippen LogP contribution < -0.4 is 20.7 Å². The predicted molar refractivity (Wildman–Crippen MR) is 125 cm³/mol. The minimum Gasteiger partial charge on any atom is -0.493 e. The van der Waals surface area contributed by atoms with E-state index in [9.17, 15) is 14.4 Å². The number of carbonyl (C=O) groups is 1. The summed E-state index contributed by atoms with van der Waals surface area (Å²) in [5.74, 6) is 0.385. The molecule has 0 fully saturated rings. The molecule has 4 rings (SSSR count). The first-order valence-electron chi connectivity index (χ1n) is 9.61. The SMILES string of the molecule is COc1cc2c(=O)n(-c3ccc(C)cc3)c(=O)n(CC(=O)c3ccc(Cl)s3)c2cc1OC. The highest BCUT2D eigenvalue weighted by molar-refractivity contribution is 7.18. The lowest BCUT2D eigenvalue weighted by Gasteiger charge is -2.16. The number of thiophene rings is 1. The second-order valence-electron chi connectivity index (χ2n) is 7.10. The van der Waals surface area contributed by atoms with E-state index in [-0.39, 0.29) is 23.2 Å². The van der Waals surface area contributed by atoms with Gasteiger partial charge < -0.3 is 9.47 Å². The van der Waals surface area contributed by atoms with Gasteiger partial charge in [-0.25, -0.2) is 9.36 Å². The van der Waals surface area contributed by atoms with Crippen LogP contribution in [0, 0.1) is 6.92 Å². The molecular formula is C23H19ClN2O5S. The molecule has 4 aromatic rings. The second-order valence-corrected chi connectivity index (χ2v) is 8.81. The Kier molecular flexibility index (Phi) is 5.90. The standard InChI is InChI=1S/C23H19ClN2O5S/c1-13-4-6-14(7-5-13)26-22(28)15-10-18(30-2)19(31-3)11-16(15)25(23(26)29)12-17(27)20-8-9-21(24)32-20/h4-11H,12H2,1-3H3. The third-order valence-electron chi connectivity index (χ3n) is 5.09. The molecule has 0 aliphatic carbocycles. The van der Waals surface area contributed by atoms with Crippen molar-refractivity contribution in [2.24, 2.45) is 0 Å². The molecule has 0 saturated carbocycles. The highest BCUT2D eigenvalue weighted by atomic mass is 35.5. The Labute approximate surface area is 192 Å². The van der Waals surface area contributed by atoms with Gasteiger partial charge in [0.2, 0.25) is 0 Å². The number of ketones is 1. The largest absolute Gasteiger partial charge is 0.493 e. The van der Waals surface area contributed by atoms with Crippen LogP contribution in [0.5, 0.6) is 11.5 Å². The molecular weight excluding hydrogens is 452 g/mol. The van der Waals surface area contributed by atoms with Gasteiger partial charge >= 0.3 is 5.69 Å². The monoisotopic (exact) mass is 470 g/mol. The summed E-state index contributed by atoms with van der Waals surface area (Å²) < 4.78 is 13.5. The maximum Gasteiger partial charge on any atom is 0.336 e. The molecule has 0 saturated heterocycles. The number of hydrogen-bond acceptors (Lipinski definition) is 6. The highest BCUT2D eigenvalue weighted by Gasteiger charge is 2.20. The number of ether oxygens (including phenoxy) is 2. The quantitative estimate of drug-likeness (QED) is 0.397. The molecule has 9 heteroatoms. The predicted octanol–water partition coefficient (Wildman–Crippen LogP) is 4.08. The lowest BCUT2D eigenvalue weighted by molar-refractivity contribution is 0.0975. The molecule has 0 radical (unpaired) electrons. The van der Waals surface area contributed by atoms with Crippen LogP contribution in [0.3, 0.4) is 0 Å². The number of benzene rings is 2. The van der Waals surface area contributed by atoms with E-state index in [4.69, 9.17) is 21.1 Å². The minimum atomic E-state index is -0.630. The van der Waals surface area contributed by atoms with Crippen LogP contribution in [0.2, 0.25) is 4.34 Å². The number of carbonyl (C=O) groups excluding carboxylic acids is 1. The van der Waals surface area contributed by atoms with Gasteiger partial charge in [0.1, 0.15) is 0 Å². The third-order valence-corrected chi connectivity index (χ3v) is 6.36. The van der Waals surface area contributed by atoms with Gasteiger partial charge in [0, 0.05) is 6.07 Å². The average Bonchev–Trinajstić information content (AvgIpc) is 3.23. The molecule has 164 valence electrons. The minimum absolute atomic E-state index is 0.222. The molecule has 2 aromatic carbocycles. The lowest BCUT2D eigenvalue weighted by Crippen LogP contribution is -2.40. The van der Waals surface area contributed by atoms with Crippen molar-refractivity contribution in [3.05, 3.63) is 84.1 Å². The summed E-state index contributed by atoms with van der Waals surface area (Å²) in [5.41, 5.74) is 0.519. The summed E-state index contributed by atoms with van der Waals surface area (Å²) in [7, 11) is 2.92. The van der Waals surface area contributed by atoms with Gasteiger partial charge in [0.05, 0.1) is 46.6 Å². The summed E-state index contributed by atoms with van der Waals surface area (Å²) >= 11 is 7.10. The molecule has 7 nitrogen and oxygen atoms in total. The van der Waals surface area contributed by atoms with Gasteiger partial charge in [-0.3, -0.25) is 14.2 Å². The van der Waals surface area contributed by atoms with Crippen LogP contribution in [0.25, 0.3) is 16.6 Å². The molecule has 0 atom stereocenters. The number of nitrogens with zero attached hydrogens (tertiary/aromatic N) is 2. The van der Waals surface area contributed by atoms with Gasteiger partial charge in [-0.15, -0.1) is 11.3 Å². The molecule has 0 N–H and O–H groups in total. The second kappa shape index (κ2) is 8.64. The summed E-state index contributed by atoms with van der Waals surface area (Å²) in [6.07, 6.45) is 0. The summed E-state index contributed by atoms with van der Waals surface area (Å²) in [4.78, 5) is 40.2. The number of Topliss-reactive ketones (excluding diaryl/α,β-unsaturated/α-hetero) is 1. The van der Waals surface area contributed by atoms with E-state index in [1.54, 1.807) is 24.3 Å². The number of methoxy groups -OCH3 is 2. The van der Waals surface area contributed by atoms with Gasteiger partial charge in [0.25, 0.3) is 5.56 Å². The number of hydrogen-bond donors (Lipinski definition) is 0. The number of aromatic nitrogens is 2. The van der Waals surface area contributed by atoms with Crippen molar-refractivity contribution < 1.29 is 14.3 Å². The van der Waals surface area contributed by atoms with Crippen LogP contribution in [0.15, 0.2) is 58.1 Å². The normalized spacial score (nSPS) is 11.0. The van der Waals surface area contributed by atoms with E-state index < -0.39 is 11.2 Å². The molecule has 0 spiro atoms. The van der Waals surface area contributed by atoms with E-state index in [1.807, 2.05) is 19.1 Å². The van der Waals surface area contributed by atoms with Gasteiger partial charge in [-0.05, 0) is 37.3 Å². The van der Waals surface area contributed by atoms with E-state index in [0.29, 0.717) is 26.4 Å². The van der Waals surface area contributed by atoms with Gasteiger partial charge in [-0.1, -0.05) is 29.3 Å². The lowest BCUT2D eigenvalue weighted by atomic mass is 10.2. The average molecular weight is 471 g/mol. The molecule has 2 aromatic heterocycles. The first-order valence-corrected chi connectivity index (χ1v) is 10.8. The van der Waals surface area contributed by atoms with Crippen LogP contribution in [0.4, 0.5) is 0 Å². The van der Waals surface area contributed by atoms with Crippen molar-refractivity contribution in [1.82, 2.24) is 9.13 Å². The van der Waals surface area contributed by atoms with Crippen LogP contribution in [-0.4, -0.2) is 29.1 Å². The summed E-state index contributed by atoms with van der Waals surface area (Å²) in [6.45, 7) is 1.64. The smallest absolute Gasteiger partial charge is 0.336 e. The van der Waals surface area contributed by atoms with Crippen LogP contribution in [0.1, 0.15) is 15.2 Å². The van der Waals surface area contributed by atoms with Crippen LogP contribution in [-0.2, 0) is 6.54 Å². The number of halogens is 1. The van der Waals surface area contributed by atoms with E-state index in [2.05, 4.69) is 0 Å². The van der Waals surface area contributed by atoms with Gasteiger partial charge in [0.15, 0.2) is 17.3 Å². The first kappa shape index (κ1) is 21.9. The van der Waals surface area contributed by atoms with Crippen molar-refractivity contribution in [3.8, 4) is 17.2 Å². The zero-order chi connectivity index (χ0) is 23.0. The molecule has 0 aliphatic rings. The fourth-order valence-electron chi connectivity index (χ4n) is 3.45. The molecule has 0 bridgehead atoms. The van der Waals surface area contributed by atoms with Crippen molar-refractivity contribution in [2.75, 3.05) is 14.2 Å². The highest BCUT2D eigenvalue weighted by Crippen LogP contribution is 2.31. The molecule has 32 heavy (non-hydrogen) atoms. The third kappa shape index (κ3) is 3.83. The first-order chi connectivity index (χ1) is 15.3. The Hall–Kier alpha value is -3.36. The molecule has 0 aliphatic heterocycles. The topological polar surface area (TPSA) is 79.5 Å². The molecule has 2 heterocycles. The maximum atomic E-state index is 13.5. The summed E-state index contributed by atoms with van der Waals surface area (Å²) in [6, 6.07) is 13.3. The fraction of sp³-hybridized carbons (Fsp3) is 0.174. The van der Waals surface area contributed by atoms with Crippen LogP contribution >= 0.6 is 22.9 Å².